The van der Waals surface area contributed by atoms with E-state index in [1.165, 1.54) is 0 Å². The van der Waals surface area contributed by atoms with Crippen molar-refractivity contribution >= 4 is 17.6 Å². The fourth-order valence-electron chi connectivity index (χ4n) is 0.121. The van der Waals surface area contributed by atoms with Crippen LogP contribution in [-0.2, 0) is 0 Å². The van der Waals surface area contributed by atoms with Crippen LogP contribution in [0.25, 0.3) is 0 Å². The fraction of sp³-hybridized carbons (Fsp3) is 0.500. The van der Waals surface area contributed by atoms with E-state index in [9.17, 15) is 9.70 Å². The van der Waals surface area contributed by atoms with E-state index in [4.69, 9.17) is 11.6 Å². The minimum Gasteiger partial charge on any atom is -0.350 e. The van der Waals surface area contributed by atoms with Crippen LogP contribution in [0.5, 0.6) is 0 Å². The van der Waals surface area contributed by atoms with Crippen LogP contribution in [0.15, 0.2) is 5.29 Å². The Balaban J connectivity index is 3.69. The fourth-order valence-corrected chi connectivity index (χ4v) is 0.282. The van der Waals surface area contributed by atoms with Crippen LogP contribution in [0, 0.1) is 4.91 Å². The summed E-state index contributed by atoms with van der Waals surface area (Å²) in [4.78, 5) is 19.4. The van der Waals surface area contributed by atoms with Crippen molar-refractivity contribution in [3.8, 4) is 0 Å². The lowest BCUT2D eigenvalue weighted by Gasteiger charge is -2.01. The number of hydrogen-bond acceptors (Lipinski definition) is 3. The summed E-state index contributed by atoms with van der Waals surface area (Å²) in [5.74, 6) is 0. The maximum Gasteiger partial charge on any atom is 0.338 e. The number of nitroso groups, excluding NO2 is 1. The molecule has 0 aliphatic rings. The molecule has 0 bridgehead atoms. The van der Waals surface area contributed by atoms with Gasteiger partial charge in [-0.1, -0.05) is 0 Å². The van der Waals surface area contributed by atoms with Gasteiger partial charge in [0.15, 0.2) is 0 Å². The van der Waals surface area contributed by atoms with E-state index >= 15 is 0 Å². The molecule has 0 aromatic heterocycles. The minimum atomic E-state index is -0.949. The Bertz CT molecular complexity index is 105. The number of urea groups is 1. The molecule has 6 heteroatoms. The van der Waals surface area contributed by atoms with Gasteiger partial charge in [-0.3, -0.25) is 0 Å². The zero-order valence-corrected chi connectivity index (χ0v) is 4.63. The smallest absolute Gasteiger partial charge is 0.338 e. The summed E-state index contributed by atoms with van der Waals surface area (Å²) in [6, 6.07) is -1.26. The molecular formula is C2H4ClN3O2. The molecule has 0 aliphatic carbocycles. The quantitative estimate of drug-likeness (QED) is 0.256. The van der Waals surface area contributed by atoms with Gasteiger partial charge in [-0.2, -0.15) is 5.01 Å². The van der Waals surface area contributed by atoms with Crippen LogP contribution in [0.1, 0.15) is 0 Å². The Labute approximate surface area is 50.3 Å². The molecule has 0 aromatic rings. The zero-order valence-electron chi connectivity index (χ0n) is 3.87. The number of nitrogens with two attached hydrogens (primary N) is 1. The molecule has 0 saturated heterocycles. The SMILES string of the molecule is NC(=O)N(CCl)N=O. The molecule has 0 heterocycles. The summed E-state index contributed by atoms with van der Waals surface area (Å²) >= 11 is 4.99. The van der Waals surface area contributed by atoms with Crippen molar-refractivity contribution in [1.29, 1.82) is 0 Å². The van der Waals surface area contributed by atoms with Crippen LogP contribution in [-0.4, -0.2) is 17.0 Å². The van der Waals surface area contributed by atoms with Crippen molar-refractivity contribution in [2.75, 3.05) is 6.00 Å². The third kappa shape index (κ3) is 1.74. The van der Waals surface area contributed by atoms with Gasteiger partial charge in [0.1, 0.15) is 6.00 Å². The first-order chi connectivity index (χ1) is 3.72. The largest absolute Gasteiger partial charge is 0.350 e. The topological polar surface area (TPSA) is 75.8 Å². The number of carbonyl (C=O) groups excluding carboxylic acids is 1. The van der Waals surface area contributed by atoms with E-state index in [1.54, 1.807) is 0 Å². The lowest BCUT2D eigenvalue weighted by molar-refractivity contribution is 0.217. The molecule has 0 aromatic carbocycles. The van der Waals surface area contributed by atoms with Crippen molar-refractivity contribution in [1.82, 2.24) is 5.01 Å². The van der Waals surface area contributed by atoms with Gasteiger partial charge >= 0.3 is 6.03 Å². The molecule has 0 atom stereocenters. The third-order valence-corrected chi connectivity index (χ3v) is 0.693. The highest BCUT2D eigenvalue weighted by molar-refractivity contribution is 6.18. The van der Waals surface area contributed by atoms with Crippen LogP contribution >= 0.6 is 11.6 Å². The molecular weight excluding hydrogens is 133 g/mol. The highest BCUT2D eigenvalue weighted by atomic mass is 35.5. The van der Waals surface area contributed by atoms with E-state index in [2.05, 4.69) is 11.0 Å². The summed E-state index contributed by atoms with van der Waals surface area (Å²) in [6.45, 7) is 0. The molecule has 46 valence electrons. The van der Waals surface area contributed by atoms with Crippen molar-refractivity contribution in [3.63, 3.8) is 0 Å². The molecule has 0 spiro atoms. The molecule has 5 nitrogen and oxygen atoms in total. The molecule has 8 heavy (non-hydrogen) atoms. The van der Waals surface area contributed by atoms with Crippen molar-refractivity contribution in [2.45, 2.75) is 0 Å². The Hall–Kier alpha value is -0.840. The Morgan fingerprint density at radius 1 is 1.88 bits per heavy atom. The summed E-state index contributed by atoms with van der Waals surface area (Å²) in [7, 11) is 0. The third-order valence-electron chi connectivity index (χ3n) is 0.466. The molecule has 2 amide bonds. The number of carbonyl (C=O) groups is 1. The van der Waals surface area contributed by atoms with Crippen LogP contribution in [0.2, 0.25) is 0 Å². The average molecular weight is 138 g/mol. The molecule has 0 saturated carbocycles. The minimum absolute atomic E-state index is 0.307. The second-order valence-electron chi connectivity index (χ2n) is 0.939. The molecule has 0 fully saturated rings. The molecule has 0 rings (SSSR count). The highest BCUT2D eigenvalue weighted by Crippen LogP contribution is 1.88. The zero-order chi connectivity index (χ0) is 6.57. The Morgan fingerprint density at radius 2 is 2.38 bits per heavy atom. The summed E-state index contributed by atoms with van der Waals surface area (Å²) in [5.41, 5.74) is 4.57. The van der Waals surface area contributed by atoms with E-state index in [0.717, 1.165) is 0 Å². The maximum absolute atomic E-state index is 9.93. The normalized spacial score (nSPS) is 8.12. The highest BCUT2D eigenvalue weighted by Gasteiger charge is 2.04. The van der Waals surface area contributed by atoms with Gasteiger partial charge in [0.05, 0.1) is 5.29 Å². The number of hydrogen-bond donors (Lipinski definition) is 1. The monoisotopic (exact) mass is 137 g/mol. The summed E-state index contributed by atoms with van der Waals surface area (Å²) in [5, 5.41) is 2.57. The predicted molar refractivity (Wildman–Crippen MR) is 27.9 cm³/mol. The number of nitrogens with zero attached hydrogens (tertiary/aromatic N) is 2. The first-order valence-electron chi connectivity index (χ1n) is 1.68. The maximum atomic E-state index is 9.93. The lowest BCUT2D eigenvalue weighted by atomic mass is 11.0. The summed E-state index contributed by atoms with van der Waals surface area (Å²) in [6.07, 6.45) is 0. The van der Waals surface area contributed by atoms with E-state index in [-0.39, 0.29) is 6.00 Å². The first kappa shape index (κ1) is 7.16. The second kappa shape index (κ2) is 3.20. The molecule has 0 aliphatic heterocycles. The molecule has 0 radical (unpaired) electrons. The number of rotatable bonds is 2. The van der Waals surface area contributed by atoms with Gasteiger partial charge in [-0.25, -0.2) is 4.79 Å². The van der Waals surface area contributed by atoms with Gasteiger partial charge in [0, 0.05) is 0 Å². The Morgan fingerprint density at radius 3 is 2.38 bits per heavy atom. The number of halogens is 1. The van der Waals surface area contributed by atoms with Crippen LogP contribution < -0.4 is 5.73 Å². The molecule has 2 N–H and O–H groups in total. The predicted octanol–water partition coefficient (Wildman–Crippen LogP) is 0.245. The van der Waals surface area contributed by atoms with Crippen molar-refractivity contribution in [2.24, 2.45) is 11.0 Å². The number of alkyl halides is 1. The van der Waals surface area contributed by atoms with Crippen LogP contribution in [0.4, 0.5) is 4.79 Å². The van der Waals surface area contributed by atoms with E-state index in [1.807, 2.05) is 0 Å². The standard InChI is InChI=1S/C2H4ClN3O2/c3-1-6(5-8)2(4)7/h1H2,(H2,4,7). The molecule has 0 unspecified atom stereocenters. The van der Waals surface area contributed by atoms with Crippen molar-refractivity contribution < 1.29 is 4.79 Å². The van der Waals surface area contributed by atoms with Crippen molar-refractivity contribution in [3.05, 3.63) is 4.91 Å². The van der Waals surface area contributed by atoms with Gasteiger partial charge in [0.25, 0.3) is 0 Å². The van der Waals surface area contributed by atoms with Gasteiger partial charge in [-0.05, 0) is 0 Å². The van der Waals surface area contributed by atoms with Gasteiger partial charge in [-0.15, -0.1) is 16.5 Å². The van der Waals surface area contributed by atoms with E-state index in [0.29, 0.717) is 5.01 Å². The van der Waals surface area contributed by atoms with Gasteiger partial charge < -0.3 is 5.73 Å². The van der Waals surface area contributed by atoms with E-state index < -0.39 is 6.03 Å². The Kier molecular flexibility index (Phi) is 2.86. The first-order valence-corrected chi connectivity index (χ1v) is 2.22. The number of amides is 2. The van der Waals surface area contributed by atoms with Crippen LogP contribution in [0.3, 0.4) is 0 Å². The number of primary amides is 1. The van der Waals surface area contributed by atoms with Gasteiger partial charge in [0.2, 0.25) is 0 Å². The summed E-state index contributed by atoms with van der Waals surface area (Å²) < 4.78 is 0. The average Bonchev–Trinajstić information content (AvgIpc) is 1.69. The second-order valence-corrected chi connectivity index (χ2v) is 1.18. The lowest BCUT2D eigenvalue weighted by Crippen LogP contribution is -2.29.